The van der Waals surface area contributed by atoms with Crippen LogP contribution in [0.5, 0.6) is 0 Å². The van der Waals surface area contributed by atoms with E-state index in [-0.39, 0.29) is 0 Å². The summed E-state index contributed by atoms with van der Waals surface area (Å²) < 4.78 is 5.42. The molecule has 3 rings (SSSR count). The predicted molar refractivity (Wildman–Crippen MR) is 114 cm³/mol. The zero-order valence-electron chi connectivity index (χ0n) is 15.3. The van der Waals surface area contributed by atoms with Gasteiger partial charge < -0.3 is 15.0 Å². The Kier molecular flexibility index (Phi) is 7.83. The number of hydrogen-bond acceptors (Lipinski definition) is 4. The summed E-state index contributed by atoms with van der Waals surface area (Å²) in [6.45, 7) is 6.27. The van der Waals surface area contributed by atoms with Gasteiger partial charge in [-0.05, 0) is 55.0 Å². The molecule has 0 radical (unpaired) electrons. The van der Waals surface area contributed by atoms with E-state index in [1.54, 1.807) is 0 Å². The van der Waals surface area contributed by atoms with Crippen LogP contribution in [0.2, 0.25) is 5.02 Å². The number of ether oxygens (including phenoxy) is 1. The van der Waals surface area contributed by atoms with E-state index in [0.29, 0.717) is 16.7 Å². The second-order valence-electron chi connectivity index (χ2n) is 6.49. The van der Waals surface area contributed by atoms with Crippen molar-refractivity contribution in [1.82, 2.24) is 14.8 Å². The van der Waals surface area contributed by atoms with Crippen molar-refractivity contribution >= 4 is 34.6 Å². The van der Waals surface area contributed by atoms with Crippen LogP contribution in [0.4, 0.5) is 5.69 Å². The molecule has 1 fully saturated rings. The SMILES string of the molecule is S=C(Nc1ccc(Cl)cc1)N(CCCN1CCOCC1)Cc1ccccn1. The third kappa shape index (κ3) is 6.74. The highest BCUT2D eigenvalue weighted by Gasteiger charge is 2.14. The summed E-state index contributed by atoms with van der Waals surface area (Å²) in [5, 5.41) is 4.72. The average molecular weight is 405 g/mol. The number of pyridine rings is 1. The molecule has 0 saturated carbocycles. The molecule has 0 unspecified atom stereocenters. The summed E-state index contributed by atoms with van der Waals surface area (Å²) in [7, 11) is 0. The van der Waals surface area contributed by atoms with Crippen LogP contribution in [-0.2, 0) is 11.3 Å². The van der Waals surface area contributed by atoms with E-state index < -0.39 is 0 Å². The van der Waals surface area contributed by atoms with Gasteiger partial charge in [0.2, 0.25) is 0 Å². The number of benzene rings is 1. The lowest BCUT2D eigenvalue weighted by atomic mass is 10.3. The van der Waals surface area contributed by atoms with Gasteiger partial charge in [-0.1, -0.05) is 17.7 Å². The van der Waals surface area contributed by atoms with Crippen LogP contribution in [0.1, 0.15) is 12.1 Å². The van der Waals surface area contributed by atoms with E-state index in [9.17, 15) is 0 Å². The summed E-state index contributed by atoms with van der Waals surface area (Å²) in [5.41, 5.74) is 1.94. The second kappa shape index (κ2) is 10.6. The first-order valence-electron chi connectivity index (χ1n) is 9.22. The highest BCUT2D eigenvalue weighted by molar-refractivity contribution is 7.80. The van der Waals surface area contributed by atoms with Crippen molar-refractivity contribution < 1.29 is 4.74 Å². The van der Waals surface area contributed by atoms with E-state index in [2.05, 4.69) is 20.1 Å². The lowest BCUT2D eigenvalue weighted by Gasteiger charge is -2.29. The van der Waals surface area contributed by atoms with Crippen molar-refractivity contribution in [3.63, 3.8) is 0 Å². The van der Waals surface area contributed by atoms with Gasteiger partial charge >= 0.3 is 0 Å². The van der Waals surface area contributed by atoms with Crippen LogP contribution >= 0.6 is 23.8 Å². The summed E-state index contributed by atoms with van der Waals surface area (Å²) in [6, 6.07) is 13.5. The molecule has 1 N–H and O–H groups in total. The van der Waals surface area contributed by atoms with E-state index >= 15 is 0 Å². The fourth-order valence-electron chi connectivity index (χ4n) is 2.99. The maximum Gasteiger partial charge on any atom is 0.173 e. The Balaban J connectivity index is 1.59. The standard InChI is InChI=1S/C20H25ClN4OS/c21-17-5-7-18(8-6-17)23-20(27)25(16-19-4-1-2-9-22-19)11-3-10-24-12-14-26-15-13-24/h1-2,4-9H,3,10-16H2,(H,23,27). The van der Waals surface area contributed by atoms with E-state index in [0.717, 1.165) is 57.2 Å². The number of hydrogen-bond donors (Lipinski definition) is 1. The largest absolute Gasteiger partial charge is 0.379 e. The summed E-state index contributed by atoms with van der Waals surface area (Å²) >= 11 is 11.6. The van der Waals surface area contributed by atoms with Gasteiger partial charge in [0.1, 0.15) is 0 Å². The number of nitrogens with zero attached hydrogens (tertiary/aromatic N) is 3. The van der Waals surface area contributed by atoms with Crippen LogP contribution in [0.3, 0.4) is 0 Å². The van der Waals surface area contributed by atoms with Crippen molar-refractivity contribution in [2.75, 3.05) is 44.7 Å². The van der Waals surface area contributed by atoms with Gasteiger partial charge in [0.25, 0.3) is 0 Å². The molecular weight excluding hydrogens is 380 g/mol. The minimum Gasteiger partial charge on any atom is -0.379 e. The van der Waals surface area contributed by atoms with Crippen molar-refractivity contribution in [2.24, 2.45) is 0 Å². The van der Waals surface area contributed by atoms with Crippen LogP contribution in [0.15, 0.2) is 48.7 Å². The molecular formula is C20H25ClN4OS. The maximum atomic E-state index is 5.97. The van der Waals surface area contributed by atoms with Gasteiger partial charge in [0, 0.05) is 43.1 Å². The summed E-state index contributed by atoms with van der Waals surface area (Å²) in [4.78, 5) is 9.06. The minimum atomic E-state index is 0.684. The molecule has 0 amide bonds. The highest BCUT2D eigenvalue weighted by Crippen LogP contribution is 2.15. The summed E-state index contributed by atoms with van der Waals surface area (Å²) in [6.07, 6.45) is 2.85. The van der Waals surface area contributed by atoms with Gasteiger partial charge in [0.15, 0.2) is 5.11 Å². The molecule has 5 nitrogen and oxygen atoms in total. The number of morpholine rings is 1. The summed E-state index contributed by atoms with van der Waals surface area (Å²) in [5.74, 6) is 0. The zero-order chi connectivity index (χ0) is 18.9. The quantitative estimate of drug-likeness (QED) is 0.710. The zero-order valence-corrected chi connectivity index (χ0v) is 16.9. The molecule has 0 atom stereocenters. The number of rotatable bonds is 7. The number of nitrogens with one attached hydrogen (secondary N) is 1. The molecule has 144 valence electrons. The second-order valence-corrected chi connectivity index (χ2v) is 7.31. The fraction of sp³-hybridized carbons (Fsp3) is 0.400. The molecule has 7 heteroatoms. The molecule has 2 heterocycles. The molecule has 1 aromatic carbocycles. The first-order valence-corrected chi connectivity index (χ1v) is 10.0. The van der Waals surface area contributed by atoms with Gasteiger partial charge in [-0.25, -0.2) is 0 Å². The van der Waals surface area contributed by atoms with E-state index in [4.69, 9.17) is 28.6 Å². The molecule has 1 saturated heterocycles. The number of thiocarbonyl (C=S) groups is 1. The Morgan fingerprint density at radius 1 is 1.19 bits per heavy atom. The maximum absolute atomic E-state index is 5.97. The third-order valence-electron chi connectivity index (χ3n) is 4.47. The van der Waals surface area contributed by atoms with Gasteiger partial charge in [-0.2, -0.15) is 0 Å². The third-order valence-corrected chi connectivity index (χ3v) is 5.08. The van der Waals surface area contributed by atoms with Crippen molar-refractivity contribution in [3.05, 3.63) is 59.4 Å². The van der Waals surface area contributed by atoms with Crippen molar-refractivity contribution in [1.29, 1.82) is 0 Å². The van der Waals surface area contributed by atoms with Crippen LogP contribution in [0.25, 0.3) is 0 Å². The van der Waals surface area contributed by atoms with Crippen molar-refractivity contribution in [3.8, 4) is 0 Å². The highest BCUT2D eigenvalue weighted by atomic mass is 35.5. The average Bonchev–Trinajstić information content (AvgIpc) is 2.70. The normalized spacial score (nSPS) is 14.7. The van der Waals surface area contributed by atoms with Gasteiger partial charge in [-0.15, -0.1) is 0 Å². The first kappa shape index (κ1) is 20.0. The number of anilines is 1. The topological polar surface area (TPSA) is 40.6 Å². The van der Waals surface area contributed by atoms with Crippen LogP contribution < -0.4 is 5.32 Å². The van der Waals surface area contributed by atoms with Gasteiger partial charge in [-0.3, -0.25) is 9.88 Å². The lowest BCUT2D eigenvalue weighted by molar-refractivity contribution is 0.0367. The molecule has 27 heavy (non-hydrogen) atoms. The number of halogens is 1. The number of aromatic nitrogens is 1. The molecule has 1 aliphatic rings. The van der Waals surface area contributed by atoms with Crippen LogP contribution in [0, 0.1) is 0 Å². The Labute approximate surface area is 171 Å². The Hall–Kier alpha value is -1.73. The molecule has 0 spiro atoms. The van der Waals surface area contributed by atoms with E-state index in [1.165, 1.54) is 0 Å². The molecule has 1 aromatic heterocycles. The smallest absolute Gasteiger partial charge is 0.173 e. The van der Waals surface area contributed by atoms with E-state index in [1.807, 2.05) is 48.7 Å². The molecule has 0 bridgehead atoms. The van der Waals surface area contributed by atoms with Crippen molar-refractivity contribution in [2.45, 2.75) is 13.0 Å². The lowest BCUT2D eigenvalue weighted by Crippen LogP contribution is -2.40. The molecule has 0 aliphatic carbocycles. The fourth-order valence-corrected chi connectivity index (χ4v) is 3.38. The van der Waals surface area contributed by atoms with Gasteiger partial charge in [0.05, 0.1) is 25.5 Å². The predicted octanol–water partition coefficient (Wildman–Crippen LogP) is 3.66. The Morgan fingerprint density at radius 2 is 1.96 bits per heavy atom. The molecule has 2 aromatic rings. The minimum absolute atomic E-state index is 0.684. The monoisotopic (exact) mass is 404 g/mol. The van der Waals surface area contributed by atoms with Crippen LogP contribution in [-0.4, -0.2) is 59.3 Å². The first-order chi connectivity index (χ1) is 13.2. The molecule has 1 aliphatic heterocycles. The Bertz CT molecular complexity index is 708. The Morgan fingerprint density at radius 3 is 2.67 bits per heavy atom.